The number of halogens is 1. The van der Waals surface area contributed by atoms with Gasteiger partial charge < -0.3 is 4.57 Å². The average molecular weight is 209 g/mol. The average Bonchev–Trinajstić information content (AvgIpc) is 2.30. The van der Waals surface area contributed by atoms with Crippen molar-refractivity contribution in [1.29, 1.82) is 0 Å². The highest BCUT2D eigenvalue weighted by molar-refractivity contribution is 8.13. The molecule has 1 aromatic rings. The molecular formula is C6H9ClN2O2S. The second kappa shape index (κ2) is 3.45. The Labute approximate surface area is 75.6 Å². The zero-order chi connectivity index (χ0) is 9.19. The van der Waals surface area contributed by atoms with E-state index in [1.54, 1.807) is 17.1 Å². The quantitative estimate of drug-likeness (QED) is 0.681. The molecular weight excluding hydrogens is 200 g/mol. The number of nitrogens with zero attached hydrogens (tertiary/aromatic N) is 2. The van der Waals surface area contributed by atoms with Crippen molar-refractivity contribution in [2.45, 2.75) is 6.42 Å². The second-order valence-corrected chi connectivity index (χ2v) is 5.42. The van der Waals surface area contributed by atoms with Crippen molar-refractivity contribution >= 4 is 19.7 Å². The van der Waals surface area contributed by atoms with E-state index in [9.17, 15) is 8.42 Å². The maximum atomic E-state index is 10.5. The van der Waals surface area contributed by atoms with E-state index in [2.05, 4.69) is 4.98 Å². The summed E-state index contributed by atoms with van der Waals surface area (Å²) in [6.07, 6.45) is 3.75. The van der Waals surface area contributed by atoms with Gasteiger partial charge in [0.2, 0.25) is 9.05 Å². The second-order valence-electron chi connectivity index (χ2n) is 2.52. The summed E-state index contributed by atoms with van der Waals surface area (Å²) in [6.45, 7) is 0. The maximum Gasteiger partial charge on any atom is 0.232 e. The zero-order valence-corrected chi connectivity index (χ0v) is 8.14. The monoisotopic (exact) mass is 208 g/mol. The van der Waals surface area contributed by atoms with Gasteiger partial charge in [-0.25, -0.2) is 13.4 Å². The van der Waals surface area contributed by atoms with Crippen molar-refractivity contribution in [3.63, 3.8) is 0 Å². The van der Waals surface area contributed by atoms with Crippen LogP contribution >= 0.6 is 10.7 Å². The lowest BCUT2D eigenvalue weighted by atomic mass is 10.4. The molecule has 0 saturated heterocycles. The van der Waals surface area contributed by atoms with Crippen molar-refractivity contribution in [1.82, 2.24) is 9.55 Å². The Balaban J connectivity index is 2.55. The van der Waals surface area contributed by atoms with E-state index in [1.165, 1.54) is 0 Å². The minimum Gasteiger partial charge on any atom is -0.340 e. The molecule has 0 amide bonds. The first-order valence-corrected chi connectivity index (χ1v) is 5.84. The van der Waals surface area contributed by atoms with Gasteiger partial charge in [-0.2, -0.15) is 0 Å². The third kappa shape index (κ3) is 3.23. The number of aryl methyl sites for hydroxylation is 2. The van der Waals surface area contributed by atoms with Gasteiger partial charge in [-0.05, 0) is 0 Å². The Hall–Kier alpha value is -0.550. The molecule has 0 fully saturated rings. The molecule has 0 N–H and O–H groups in total. The predicted molar refractivity (Wildman–Crippen MR) is 46.6 cm³/mol. The molecule has 12 heavy (non-hydrogen) atoms. The predicted octanol–water partition coefficient (Wildman–Crippen LogP) is 0.531. The number of aromatic nitrogens is 2. The number of hydrogen-bond donors (Lipinski definition) is 0. The molecule has 0 aliphatic carbocycles. The molecule has 1 heterocycles. The summed E-state index contributed by atoms with van der Waals surface area (Å²) in [7, 11) is 3.46. The fraction of sp³-hybridized carbons (Fsp3) is 0.500. The topological polar surface area (TPSA) is 52.0 Å². The maximum absolute atomic E-state index is 10.5. The van der Waals surface area contributed by atoms with Crippen LogP contribution in [0.25, 0.3) is 0 Å². The molecule has 0 atom stereocenters. The summed E-state index contributed by atoms with van der Waals surface area (Å²) < 4.78 is 22.8. The van der Waals surface area contributed by atoms with E-state index in [0.29, 0.717) is 6.42 Å². The fourth-order valence-corrected chi connectivity index (χ4v) is 1.51. The van der Waals surface area contributed by atoms with Crippen LogP contribution in [-0.2, 0) is 22.5 Å². The summed E-state index contributed by atoms with van der Waals surface area (Å²) in [5.41, 5.74) is 0.738. The molecule has 0 bridgehead atoms. The van der Waals surface area contributed by atoms with Crippen molar-refractivity contribution < 1.29 is 8.42 Å². The van der Waals surface area contributed by atoms with Gasteiger partial charge in [0, 0.05) is 30.3 Å². The van der Waals surface area contributed by atoms with Gasteiger partial charge in [-0.3, -0.25) is 0 Å². The minimum absolute atomic E-state index is 0.0639. The Bertz CT molecular complexity index is 357. The Morgan fingerprint density at radius 3 is 2.75 bits per heavy atom. The van der Waals surface area contributed by atoms with Crippen LogP contribution in [0.4, 0.5) is 0 Å². The molecule has 6 heteroatoms. The lowest BCUT2D eigenvalue weighted by Crippen LogP contribution is -2.01. The summed E-state index contributed by atoms with van der Waals surface area (Å²) in [4.78, 5) is 3.96. The molecule has 1 aromatic heterocycles. The van der Waals surface area contributed by atoms with Crippen LogP contribution < -0.4 is 0 Å². The van der Waals surface area contributed by atoms with Crippen LogP contribution in [0.5, 0.6) is 0 Å². The van der Waals surface area contributed by atoms with E-state index in [1.807, 2.05) is 7.05 Å². The summed E-state index contributed by atoms with van der Waals surface area (Å²) in [5, 5.41) is 0. The van der Waals surface area contributed by atoms with Crippen LogP contribution in [0.15, 0.2) is 12.5 Å². The molecule has 0 unspecified atom stereocenters. The lowest BCUT2D eigenvalue weighted by Gasteiger charge is -1.91. The summed E-state index contributed by atoms with van der Waals surface area (Å²) in [5.74, 6) is -0.0639. The third-order valence-electron chi connectivity index (χ3n) is 1.36. The first-order valence-electron chi connectivity index (χ1n) is 3.36. The van der Waals surface area contributed by atoms with Crippen molar-refractivity contribution in [2.24, 2.45) is 7.05 Å². The highest BCUT2D eigenvalue weighted by atomic mass is 35.7. The fourth-order valence-electron chi connectivity index (χ4n) is 0.823. The van der Waals surface area contributed by atoms with Gasteiger partial charge in [-0.1, -0.05) is 0 Å². The highest BCUT2D eigenvalue weighted by Crippen LogP contribution is 2.02. The first kappa shape index (κ1) is 9.54. The molecule has 0 radical (unpaired) electrons. The molecule has 0 aliphatic rings. The first-order chi connectivity index (χ1) is 5.47. The largest absolute Gasteiger partial charge is 0.340 e. The highest BCUT2D eigenvalue weighted by Gasteiger charge is 2.06. The molecule has 1 rings (SSSR count). The van der Waals surface area contributed by atoms with Gasteiger partial charge in [0.1, 0.15) is 0 Å². The van der Waals surface area contributed by atoms with Crippen LogP contribution in [0, 0.1) is 0 Å². The Kier molecular flexibility index (Phi) is 2.74. The van der Waals surface area contributed by atoms with Gasteiger partial charge in [0.15, 0.2) is 0 Å². The van der Waals surface area contributed by atoms with Crippen LogP contribution in [0.3, 0.4) is 0 Å². The third-order valence-corrected chi connectivity index (χ3v) is 2.52. The summed E-state index contributed by atoms with van der Waals surface area (Å²) >= 11 is 0. The molecule has 0 saturated carbocycles. The number of rotatable bonds is 3. The Morgan fingerprint density at radius 2 is 2.33 bits per heavy atom. The smallest absolute Gasteiger partial charge is 0.232 e. The van der Waals surface area contributed by atoms with Crippen molar-refractivity contribution in [3.05, 3.63) is 18.2 Å². The number of hydrogen-bond acceptors (Lipinski definition) is 3. The van der Waals surface area contributed by atoms with Crippen LogP contribution in [0.2, 0.25) is 0 Å². The van der Waals surface area contributed by atoms with Crippen LogP contribution in [-0.4, -0.2) is 23.7 Å². The van der Waals surface area contributed by atoms with Gasteiger partial charge >= 0.3 is 0 Å². The Morgan fingerprint density at radius 1 is 1.67 bits per heavy atom. The van der Waals surface area contributed by atoms with Crippen LogP contribution in [0.1, 0.15) is 5.69 Å². The number of imidazole rings is 1. The zero-order valence-electron chi connectivity index (χ0n) is 6.57. The lowest BCUT2D eigenvalue weighted by molar-refractivity contribution is 0.608. The molecule has 4 nitrogen and oxygen atoms in total. The molecule has 0 spiro atoms. The molecule has 68 valence electrons. The van der Waals surface area contributed by atoms with Gasteiger partial charge in [0.05, 0.1) is 17.8 Å². The molecule has 0 aliphatic heterocycles. The van der Waals surface area contributed by atoms with E-state index in [4.69, 9.17) is 10.7 Å². The van der Waals surface area contributed by atoms with Crippen molar-refractivity contribution in [3.8, 4) is 0 Å². The van der Waals surface area contributed by atoms with E-state index < -0.39 is 9.05 Å². The molecule has 0 aromatic carbocycles. The van der Waals surface area contributed by atoms with Crippen molar-refractivity contribution in [2.75, 3.05) is 5.75 Å². The van der Waals surface area contributed by atoms with E-state index in [0.717, 1.165) is 5.69 Å². The minimum atomic E-state index is -3.39. The standard InChI is InChI=1S/C6H9ClN2O2S/c1-9-4-6(8-5-9)2-3-12(7,10)11/h4-5H,2-3H2,1H3. The van der Waals surface area contributed by atoms with E-state index in [-0.39, 0.29) is 5.75 Å². The SMILES string of the molecule is Cn1cnc(CCS(=O)(=O)Cl)c1. The van der Waals surface area contributed by atoms with Gasteiger partial charge in [-0.15, -0.1) is 0 Å². The van der Waals surface area contributed by atoms with Gasteiger partial charge in [0.25, 0.3) is 0 Å². The normalized spacial score (nSPS) is 11.8. The van der Waals surface area contributed by atoms with E-state index >= 15 is 0 Å². The summed E-state index contributed by atoms with van der Waals surface area (Å²) in [6, 6.07) is 0.